The molecule has 0 aliphatic heterocycles. The maximum absolute atomic E-state index is 3.86. The van der Waals surface area contributed by atoms with Crippen molar-refractivity contribution in [2.75, 3.05) is 0 Å². The summed E-state index contributed by atoms with van der Waals surface area (Å²) in [5, 5.41) is 6.05. The van der Waals surface area contributed by atoms with Crippen molar-refractivity contribution >= 4 is 11.3 Å². The maximum Gasteiger partial charge on any atom is 0.0416 e. The second kappa shape index (κ2) is 5.83. The molecule has 2 heteroatoms. The van der Waals surface area contributed by atoms with Crippen LogP contribution in [0.25, 0.3) is 0 Å². The lowest BCUT2D eigenvalue weighted by Gasteiger charge is -2.21. The molecule has 0 aromatic carbocycles. The highest BCUT2D eigenvalue weighted by Gasteiger charge is 2.24. The minimum absolute atomic E-state index is 0.597. The van der Waals surface area contributed by atoms with Gasteiger partial charge in [-0.2, -0.15) is 0 Å². The van der Waals surface area contributed by atoms with E-state index in [4.69, 9.17) is 0 Å². The van der Waals surface area contributed by atoms with Crippen molar-refractivity contribution < 1.29 is 0 Å². The largest absolute Gasteiger partial charge is 0.306 e. The fourth-order valence-corrected chi connectivity index (χ4v) is 3.55. The molecule has 3 unspecified atom stereocenters. The second-order valence-electron chi connectivity index (χ2n) is 5.14. The van der Waals surface area contributed by atoms with Gasteiger partial charge in [-0.25, -0.2) is 0 Å². The van der Waals surface area contributed by atoms with Crippen LogP contribution in [0, 0.1) is 5.92 Å². The van der Waals surface area contributed by atoms with Crippen molar-refractivity contribution in [1.29, 1.82) is 0 Å². The van der Waals surface area contributed by atoms with Gasteiger partial charge in [0.05, 0.1) is 0 Å². The molecule has 0 saturated heterocycles. The van der Waals surface area contributed by atoms with Gasteiger partial charge < -0.3 is 5.32 Å². The molecule has 0 radical (unpaired) electrons. The van der Waals surface area contributed by atoms with E-state index < -0.39 is 0 Å². The van der Waals surface area contributed by atoms with Crippen molar-refractivity contribution in [3.8, 4) is 0 Å². The molecule has 16 heavy (non-hydrogen) atoms. The first-order chi connectivity index (χ1) is 7.79. The van der Waals surface area contributed by atoms with Crippen LogP contribution in [0.1, 0.15) is 56.9 Å². The fraction of sp³-hybridized carbons (Fsp3) is 0.714. The maximum atomic E-state index is 3.86. The summed E-state index contributed by atoms with van der Waals surface area (Å²) in [7, 11) is 0. The Hall–Kier alpha value is -0.340. The van der Waals surface area contributed by atoms with Gasteiger partial charge in [0, 0.05) is 17.0 Å². The SMILES string of the molecule is CCCC(NC1CCC(C)C1)c1cccs1. The summed E-state index contributed by atoms with van der Waals surface area (Å²) in [6.45, 7) is 4.65. The Kier molecular flexibility index (Phi) is 4.42. The standard InChI is InChI=1S/C14H23NS/c1-3-5-13(14-6-4-9-16-14)15-12-8-7-11(2)10-12/h4,6,9,11-13,15H,3,5,7-8,10H2,1-2H3. The summed E-state index contributed by atoms with van der Waals surface area (Å²) in [5.74, 6) is 0.920. The second-order valence-corrected chi connectivity index (χ2v) is 6.12. The first-order valence-corrected chi connectivity index (χ1v) is 7.47. The predicted octanol–water partition coefficient (Wildman–Crippen LogP) is 4.37. The van der Waals surface area contributed by atoms with Crippen LogP contribution in [-0.4, -0.2) is 6.04 Å². The van der Waals surface area contributed by atoms with Crippen LogP contribution in [-0.2, 0) is 0 Å². The summed E-state index contributed by atoms with van der Waals surface area (Å²) < 4.78 is 0. The van der Waals surface area contributed by atoms with E-state index in [1.165, 1.54) is 37.0 Å². The van der Waals surface area contributed by atoms with E-state index in [-0.39, 0.29) is 0 Å². The van der Waals surface area contributed by atoms with E-state index in [1.54, 1.807) is 0 Å². The molecule has 2 rings (SSSR count). The van der Waals surface area contributed by atoms with Crippen molar-refractivity contribution in [2.45, 2.75) is 58.0 Å². The lowest BCUT2D eigenvalue weighted by molar-refractivity contribution is 0.413. The normalized spacial score (nSPS) is 27.1. The number of hydrogen-bond acceptors (Lipinski definition) is 2. The molecule has 1 aromatic rings. The van der Waals surface area contributed by atoms with Gasteiger partial charge in [0.25, 0.3) is 0 Å². The molecule has 1 aromatic heterocycles. The van der Waals surface area contributed by atoms with Crippen molar-refractivity contribution in [3.05, 3.63) is 22.4 Å². The summed E-state index contributed by atoms with van der Waals surface area (Å²) >= 11 is 1.89. The van der Waals surface area contributed by atoms with E-state index >= 15 is 0 Å². The molecular formula is C14H23NS. The lowest BCUT2D eigenvalue weighted by atomic mass is 10.1. The summed E-state index contributed by atoms with van der Waals surface area (Å²) in [4.78, 5) is 1.52. The Labute approximate surface area is 103 Å². The predicted molar refractivity (Wildman–Crippen MR) is 71.9 cm³/mol. The molecule has 1 aliphatic carbocycles. The van der Waals surface area contributed by atoms with E-state index in [2.05, 4.69) is 36.7 Å². The Morgan fingerprint density at radius 2 is 2.38 bits per heavy atom. The van der Waals surface area contributed by atoms with E-state index in [1.807, 2.05) is 11.3 Å². The molecular weight excluding hydrogens is 214 g/mol. The van der Waals surface area contributed by atoms with Gasteiger partial charge in [0.2, 0.25) is 0 Å². The molecule has 1 saturated carbocycles. The van der Waals surface area contributed by atoms with Crippen LogP contribution in [0.15, 0.2) is 17.5 Å². The van der Waals surface area contributed by atoms with Crippen molar-refractivity contribution in [3.63, 3.8) is 0 Å². The average molecular weight is 237 g/mol. The fourth-order valence-electron chi connectivity index (χ4n) is 2.73. The highest BCUT2D eigenvalue weighted by Crippen LogP contribution is 2.29. The first kappa shape index (κ1) is 12.1. The van der Waals surface area contributed by atoms with Crippen LogP contribution in [0.2, 0.25) is 0 Å². The van der Waals surface area contributed by atoms with Gasteiger partial charge in [-0.05, 0) is 43.0 Å². The Bertz CT molecular complexity index is 294. The van der Waals surface area contributed by atoms with Crippen LogP contribution < -0.4 is 5.32 Å². The molecule has 0 spiro atoms. The monoisotopic (exact) mass is 237 g/mol. The quantitative estimate of drug-likeness (QED) is 0.802. The third kappa shape index (κ3) is 3.08. The molecule has 1 nitrogen and oxygen atoms in total. The molecule has 1 heterocycles. The third-order valence-corrected chi connectivity index (χ3v) is 4.58. The van der Waals surface area contributed by atoms with Gasteiger partial charge in [-0.15, -0.1) is 11.3 Å². The van der Waals surface area contributed by atoms with Gasteiger partial charge in [0.15, 0.2) is 0 Å². The molecule has 0 amide bonds. The van der Waals surface area contributed by atoms with E-state index in [0.29, 0.717) is 6.04 Å². The van der Waals surface area contributed by atoms with Crippen molar-refractivity contribution in [1.82, 2.24) is 5.32 Å². The molecule has 3 atom stereocenters. The zero-order chi connectivity index (χ0) is 11.4. The van der Waals surface area contributed by atoms with Crippen molar-refractivity contribution in [2.24, 2.45) is 5.92 Å². The first-order valence-electron chi connectivity index (χ1n) is 6.59. The van der Waals surface area contributed by atoms with Crippen LogP contribution in [0.5, 0.6) is 0 Å². The van der Waals surface area contributed by atoms with Gasteiger partial charge in [0.1, 0.15) is 0 Å². The van der Waals surface area contributed by atoms with Gasteiger partial charge in [-0.1, -0.05) is 26.3 Å². The third-order valence-electron chi connectivity index (χ3n) is 3.60. The smallest absolute Gasteiger partial charge is 0.0416 e. The number of nitrogens with one attached hydrogen (secondary N) is 1. The molecule has 0 bridgehead atoms. The zero-order valence-electron chi connectivity index (χ0n) is 10.4. The van der Waals surface area contributed by atoms with Gasteiger partial charge in [-0.3, -0.25) is 0 Å². The van der Waals surface area contributed by atoms with E-state index in [9.17, 15) is 0 Å². The Morgan fingerprint density at radius 3 is 2.94 bits per heavy atom. The van der Waals surface area contributed by atoms with Crippen LogP contribution in [0.4, 0.5) is 0 Å². The summed E-state index contributed by atoms with van der Waals surface area (Å²) in [6.07, 6.45) is 6.67. The van der Waals surface area contributed by atoms with Crippen LogP contribution in [0.3, 0.4) is 0 Å². The average Bonchev–Trinajstić information content (AvgIpc) is 2.88. The highest BCUT2D eigenvalue weighted by molar-refractivity contribution is 7.10. The molecule has 1 aliphatic rings. The number of rotatable bonds is 5. The number of hydrogen-bond donors (Lipinski definition) is 1. The highest BCUT2D eigenvalue weighted by atomic mass is 32.1. The molecule has 90 valence electrons. The molecule has 1 N–H and O–H groups in total. The summed E-state index contributed by atoms with van der Waals surface area (Å²) in [5.41, 5.74) is 0. The Balaban J connectivity index is 1.93. The number of thiophene rings is 1. The van der Waals surface area contributed by atoms with Crippen LogP contribution >= 0.6 is 11.3 Å². The van der Waals surface area contributed by atoms with Gasteiger partial charge >= 0.3 is 0 Å². The lowest BCUT2D eigenvalue weighted by Crippen LogP contribution is -2.30. The minimum Gasteiger partial charge on any atom is -0.306 e. The summed E-state index contributed by atoms with van der Waals surface area (Å²) in [6, 6.07) is 5.80. The zero-order valence-corrected chi connectivity index (χ0v) is 11.2. The minimum atomic E-state index is 0.597. The molecule has 1 fully saturated rings. The van der Waals surface area contributed by atoms with E-state index in [0.717, 1.165) is 12.0 Å². The Morgan fingerprint density at radius 1 is 1.50 bits per heavy atom. The topological polar surface area (TPSA) is 12.0 Å².